The molecule has 0 aliphatic carbocycles. The van der Waals surface area contributed by atoms with Gasteiger partial charge in [-0.15, -0.1) is 0 Å². The van der Waals surface area contributed by atoms with E-state index in [1.165, 1.54) is 0 Å². The SMILES string of the molecule is C=C(CC(=O)NCc1ccccc1)C(F)(F)F. The lowest BCUT2D eigenvalue weighted by Gasteiger charge is -2.10. The summed E-state index contributed by atoms with van der Waals surface area (Å²) in [6, 6.07) is 8.95. The smallest absolute Gasteiger partial charge is 0.352 e. The lowest BCUT2D eigenvalue weighted by molar-refractivity contribution is -0.124. The van der Waals surface area contributed by atoms with Crippen LogP contribution in [0.15, 0.2) is 42.5 Å². The summed E-state index contributed by atoms with van der Waals surface area (Å²) in [5, 5.41) is 2.40. The Kier molecular flexibility index (Phi) is 4.31. The van der Waals surface area contributed by atoms with E-state index in [9.17, 15) is 18.0 Å². The Balaban J connectivity index is 2.39. The van der Waals surface area contributed by atoms with Crippen molar-refractivity contribution >= 4 is 5.91 Å². The Morgan fingerprint density at radius 1 is 1.24 bits per heavy atom. The molecule has 0 bridgehead atoms. The van der Waals surface area contributed by atoms with E-state index in [1.807, 2.05) is 6.07 Å². The normalized spacial score (nSPS) is 11.0. The molecule has 0 saturated carbocycles. The summed E-state index contributed by atoms with van der Waals surface area (Å²) in [6.45, 7) is 3.05. The maximum absolute atomic E-state index is 12.1. The van der Waals surface area contributed by atoms with Crippen LogP contribution in [0.1, 0.15) is 12.0 Å². The second-order valence-electron chi connectivity index (χ2n) is 3.54. The standard InChI is InChI=1S/C12H12F3NO/c1-9(12(13,14)15)7-11(17)16-8-10-5-3-2-4-6-10/h2-6H,1,7-8H2,(H,16,17). The summed E-state index contributed by atoms with van der Waals surface area (Å²) < 4.78 is 36.3. The largest absolute Gasteiger partial charge is 0.412 e. The van der Waals surface area contributed by atoms with Crippen molar-refractivity contribution in [3.63, 3.8) is 0 Å². The minimum atomic E-state index is -4.51. The van der Waals surface area contributed by atoms with Crippen LogP contribution < -0.4 is 5.32 Å². The molecule has 2 nitrogen and oxygen atoms in total. The van der Waals surface area contributed by atoms with Crippen molar-refractivity contribution in [1.29, 1.82) is 0 Å². The molecule has 92 valence electrons. The number of halogens is 3. The van der Waals surface area contributed by atoms with Gasteiger partial charge in [-0.2, -0.15) is 13.2 Å². The molecule has 0 unspecified atom stereocenters. The summed E-state index contributed by atoms with van der Waals surface area (Å²) in [6.07, 6.45) is -5.24. The molecule has 0 aliphatic rings. The number of carbonyl (C=O) groups is 1. The van der Waals surface area contributed by atoms with Crippen molar-refractivity contribution in [2.24, 2.45) is 0 Å². The zero-order valence-corrected chi connectivity index (χ0v) is 9.05. The molecular weight excluding hydrogens is 231 g/mol. The highest BCUT2D eigenvalue weighted by Crippen LogP contribution is 2.26. The summed E-state index contributed by atoms with van der Waals surface area (Å²) in [5.41, 5.74) is -0.207. The second kappa shape index (κ2) is 5.52. The van der Waals surface area contributed by atoms with Gasteiger partial charge in [-0.25, -0.2) is 0 Å². The molecule has 1 rings (SSSR count). The van der Waals surface area contributed by atoms with Gasteiger partial charge in [0.25, 0.3) is 0 Å². The van der Waals surface area contributed by atoms with Gasteiger partial charge in [0.05, 0.1) is 6.42 Å². The first kappa shape index (κ1) is 13.3. The summed E-state index contributed by atoms with van der Waals surface area (Å²) >= 11 is 0. The molecule has 0 radical (unpaired) electrons. The number of benzene rings is 1. The third-order valence-corrected chi connectivity index (χ3v) is 2.11. The summed E-state index contributed by atoms with van der Waals surface area (Å²) in [4.78, 5) is 11.2. The molecule has 5 heteroatoms. The van der Waals surface area contributed by atoms with Crippen molar-refractivity contribution in [2.75, 3.05) is 0 Å². The molecule has 1 aromatic rings. The van der Waals surface area contributed by atoms with Gasteiger partial charge in [-0.1, -0.05) is 36.9 Å². The van der Waals surface area contributed by atoms with E-state index in [4.69, 9.17) is 0 Å². The number of amides is 1. The Labute approximate surface area is 97.1 Å². The topological polar surface area (TPSA) is 29.1 Å². The number of carbonyl (C=O) groups excluding carboxylic acids is 1. The average molecular weight is 243 g/mol. The van der Waals surface area contributed by atoms with Crippen molar-refractivity contribution in [2.45, 2.75) is 19.1 Å². The lowest BCUT2D eigenvalue weighted by atomic mass is 10.2. The third kappa shape index (κ3) is 4.72. The second-order valence-corrected chi connectivity index (χ2v) is 3.54. The minimum absolute atomic E-state index is 0.213. The van der Waals surface area contributed by atoms with Crippen LogP contribution in [-0.2, 0) is 11.3 Å². The Morgan fingerprint density at radius 3 is 2.35 bits per heavy atom. The maximum atomic E-state index is 12.1. The van der Waals surface area contributed by atoms with Crippen LogP contribution in [0, 0.1) is 0 Å². The zero-order chi connectivity index (χ0) is 12.9. The van der Waals surface area contributed by atoms with E-state index < -0.39 is 24.1 Å². The van der Waals surface area contributed by atoms with E-state index in [2.05, 4.69) is 11.9 Å². The van der Waals surface area contributed by atoms with Gasteiger partial charge in [-0.05, 0) is 5.56 Å². The van der Waals surface area contributed by atoms with Crippen molar-refractivity contribution in [1.82, 2.24) is 5.32 Å². The molecule has 1 aromatic carbocycles. The molecule has 1 amide bonds. The van der Waals surface area contributed by atoms with Crippen LogP contribution in [0.5, 0.6) is 0 Å². The number of rotatable bonds is 4. The van der Waals surface area contributed by atoms with Gasteiger partial charge < -0.3 is 5.32 Å². The zero-order valence-electron chi connectivity index (χ0n) is 9.05. The van der Waals surface area contributed by atoms with Gasteiger partial charge in [-0.3, -0.25) is 4.79 Å². The van der Waals surface area contributed by atoms with Crippen LogP contribution in [0.2, 0.25) is 0 Å². The number of alkyl halides is 3. The molecular formula is C12H12F3NO. The predicted molar refractivity (Wildman–Crippen MR) is 58.1 cm³/mol. The van der Waals surface area contributed by atoms with Crippen LogP contribution >= 0.6 is 0 Å². The monoisotopic (exact) mass is 243 g/mol. The van der Waals surface area contributed by atoms with Gasteiger partial charge in [0, 0.05) is 12.1 Å². The molecule has 0 fully saturated rings. The Morgan fingerprint density at radius 2 is 1.82 bits per heavy atom. The van der Waals surface area contributed by atoms with E-state index in [-0.39, 0.29) is 6.54 Å². The van der Waals surface area contributed by atoms with Crippen LogP contribution in [0.25, 0.3) is 0 Å². The Hall–Kier alpha value is -1.78. The molecule has 0 saturated heterocycles. The molecule has 0 aromatic heterocycles. The first-order valence-electron chi connectivity index (χ1n) is 4.95. The fraction of sp³-hybridized carbons (Fsp3) is 0.250. The van der Waals surface area contributed by atoms with E-state index >= 15 is 0 Å². The van der Waals surface area contributed by atoms with Gasteiger partial charge in [0.2, 0.25) is 5.91 Å². The molecule has 0 atom stereocenters. The molecule has 0 aliphatic heterocycles. The number of hydrogen-bond acceptors (Lipinski definition) is 1. The minimum Gasteiger partial charge on any atom is -0.352 e. The van der Waals surface area contributed by atoms with E-state index in [0.29, 0.717) is 0 Å². The van der Waals surface area contributed by atoms with Gasteiger partial charge >= 0.3 is 6.18 Å². The quantitative estimate of drug-likeness (QED) is 0.809. The van der Waals surface area contributed by atoms with E-state index in [0.717, 1.165) is 5.56 Å². The van der Waals surface area contributed by atoms with E-state index in [1.54, 1.807) is 24.3 Å². The van der Waals surface area contributed by atoms with Gasteiger partial charge in [0.1, 0.15) is 0 Å². The van der Waals surface area contributed by atoms with Crippen molar-refractivity contribution in [3.05, 3.63) is 48.0 Å². The van der Waals surface area contributed by atoms with Crippen molar-refractivity contribution < 1.29 is 18.0 Å². The van der Waals surface area contributed by atoms with Crippen LogP contribution in [-0.4, -0.2) is 12.1 Å². The van der Waals surface area contributed by atoms with Crippen LogP contribution in [0.3, 0.4) is 0 Å². The fourth-order valence-electron chi connectivity index (χ4n) is 1.15. The lowest BCUT2D eigenvalue weighted by Crippen LogP contribution is -2.25. The molecule has 1 N–H and O–H groups in total. The predicted octanol–water partition coefficient (Wildman–Crippen LogP) is 2.81. The molecule has 17 heavy (non-hydrogen) atoms. The third-order valence-electron chi connectivity index (χ3n) is 2.11. The highest BCUT2D eigenvalue weighted by molar-refractivity contribution is 5.78. The average Bonchev–Trinajstić information content (AvgIpc) is 2.26. The fourth-order valence-corrected chi connectivity index (χ4v) is 1.15. The van der Waals surface area contributed by atoms with Crippen LogP contribution in [0.4, 0.5) is 13.2 Å². The molecule has 0 heterocycles. The van der Waals surface area contributed by atoms with Gasteiger partial charge in [0.15, 0.2) is 0 Å². The number of nitrogens with one attached hydrogen (secondary N) is 1. The summed E-state index contributed by atoms with van der Waals surface area (Å²) in [7, 11) is 0. The van der Waals surface area contributed by atoms with Crippen molar-refractivity contribution in [3.8, 4) is 0 Å². The summed E-state index contributed by atoms with van der Waals surface area (Å²) in [5.74, 6) is -0.684. The highest BCUT2D eigenvalue weighted by Gasteiger charge is 2.32. The maximum Gasteiger partial charge on any atom is 0.412 e. The Bertz CT molecular complexity index is 398. The molecule has 0 spiro atoms. The first-order valence-corrected chi connectivity index (χ1v) is 4.95. The first-order chi connectivity index (χ1) is 7.89. The number of hydrogen-bond donors (Lipinski definition) is 1. The highest BCUT2D eigenvalue weighted by atomic mass is 19.4.